The Hall–Kier alpha value is -1.04. The van der Waals surface area contributed by atoms with Gasteiger partial charge in [0.15, 0.2) is 0 Å². The molecule has 0 atom stereocenters. The standard InChI is InChI=1S/C12H14/c1-2-4-10-5-3-6-12(9-10)11-7-8-11/h2-3,5-6,9,11H,1,4,7-8H2. The molecule has 1 saturated carbocycles. The molecule has 0 N–H and O–H groups in total. The lowest BCUT2D eigenvalue weighted by Crippen LogP contribution is -1.84. The molecule has 0 saturated heterocycles. The van der Waals surface area contributed by atoms with E-state index in [0.29, 0.717) is 0 Å². The molecule has 62 valence electrons. The Labute approximate surface area is 73.9 Å². The molecule has 0 bridgehead atoms. The lowest BCUT2D eigenvalue weighted by atomic mass is 10.1. The van der Waals surface area contributed by atoms with Crippen LogP contribution in [0.2, 0.25) is 0 Å². The van der Waals surface area contributed by atoms with E-state index in [1.165, 1.54) is 24.0 Å². The second-order valence-corrected chi connectivity index (χ2v) is 3.51. The Morgan fingerprint density at radius 1 is 1.42 bits per heavy atom. The summed E-state index contributed by atoms with van der Waals surface area (Å²) in [5.74, 6) is 0.870. The van der Waals surface area contributed by atoms with Crippen molar-refractivity contribution >= 4 is 0 Å². The molecule has 0 aromatic heterocycles. The number of allylic oxidation sites excluding steroid dienone is 1. The van der Waals surface area contributed by atoms with Crippen LogP contribution >= 0.6 is 0 Å². The van der Waals surface area contributed by atoms with Crippen molar-refractivity contribution in [3.05, 3.63) is 48.0 Å². The van der Waals surface area contributed by atoms with Crippen molar-refractivity contribution in [2.75, 3.05) is 0 Å². The molecule has 1 aliphatic carbocycles. The maximum atomic E-state index is 3.75. The molecule has 0 unspecified atom stereocenters. The second-order valence-electron chi connectivity index (χ2n) is 3.51. The van der Waals surface area contributed by atoms with Crippen LogP contribution in [0.5, 0.6) is 0 Å². The van der Waals surface area contributed by atoms with Crippen LogP contribution in [-0.4, -0.2) is 0 Å². The Morgan fingerprint density at radius 2 is 2.25 bits per heavy atom. The zero-order chi connectivity index (χ0) is 8.39. The van der Waals surface area contributed by atoms with Gasteiger partial charge in [-0.3, -0.25) is 0 Å². The van der Waals surface area contributed by atoms with Crippen molar-refractivity contribution in [1.82, 2.24) is 0 Å². The van der Waals surface area contributed by atoms with E-state index >= 15 is 0 Å². The summed E-state index contributed by atoms with van der Waals surface area (Å²) in [6.45, 7) is 3.75. The van der Waals surface area contributed by atoms with Gasteiger partial charge < -0.3 is 0 Å². The molecule has 0 heterocycles. The topological polar surface area (TPSA) is 0 Å². The second kappa shape index (κ2) is 3.14. The van der Waals surface area contributed by atoms with Gasteiger partial charge in [0.05, 0.1) is 0 Å². The maximum absolute atomic E-state index is 3.75. The SMILES string of the molecule is C=CCc1cccc(C2CC2)c1. The third kappa shape index (κ3) is 1.58. The molecular formula is C12H14. The number of benzene rings is 1. The highest BCUT2D eigenvalue weighted by Gasteiger charge is 2.22. The molecular weight excluding hydrogens is 144 g/mol. The Morgan fingerprint density at radius 3 is 2.92 bits per heavy atom. The summed E-state index contributed by atoms with van der Waals surface area (Å²) in [6, 6.07) is 8.89. The van der Waals surface area contributed by atoms with Crippen molar-refractivity contribution in [2.45, 2.75) is 25.2 Å². The highest BCUT2D eigenvalue weighted by Crippen LogP contribution is 2.40. The van der Waals surface area contributed by atoms with Crippen molar-refractivity contribution in [1.29, 1.82) is 0 Å². The average Bonchev–Trinajstić information content (AvgIpc) is 2.88. The number of hydrogen-bond acceptors (Lipinski definition) is 0. The van der Waals surface area contributed by atoms with Crippen LogP contribution in [0.4, 0.5) is 0 Å². The quantitative estimate of drug-likeness (QED) is 0.592. The van der Waals surface area contributed by atoms with Gasteiger partial charge in [-0.15, -0.1) is 6.58 Å². The van der Waals surface area contributed by atoms with Gasteiger partial charge in [0, 0.05) is 0 Å². The van der Waals surface area contributed by atoms with E-state index in [4.69, 9.17) is 0 Å². The number of rotatable bonds is 3. The van der Waals surface area contributed by atoms with Gasteiger partial charge in [0.1, 0.15) is 0 Å². The lowest BCUT2D eigenvalue weighted by molar-refractivity contribution is 1.11. The zero-order valence-electron chi connectivity index (χ0n) is 7.29. The number of hydrogen-bond donors (Lipinski definition) is 0. The predicted molar refractivity (Wildman–Crippen MR) is 52.3 cm³/mol. The van der Waals surface area contributed by atoms with Gasteiger partial charge >= 0.3 is 0 Å². The van der Waals surface area contributed by atoms with Crippen LogP contribution in [0.25, 0.3) is 0 Å². The van der Waals surface area contributed by atoms with Crippen LogP contribution in [0.15, 0.2) is 36.9 Å². The average molecular weight is 158 g/mol. The first-order valence-corrected chi connectivity index (χ1v) is 4.60. The fourth-order valence-corrected chi connectivity index (χ4v) is 1.56. The normalized spacial score (nSPS) is 16.0. The minimum Gasteiger partial charge on any atom is -0.103 e. The highest BCUT2D eigenvalue weighted by atomic mass is 14.3. The molecule has 0 amide bonds. The van der Waals surface area contributed by atoms with Gasteiger partial charge in [0.25, 0.3) is 0 Å². The van der Waals surface area contributed by atoms with Crippen LogP contribution in [0, 0.1) is 0 Å². The Kier molecular flexibility index (Phi) is 1.99. The summed E-state index contributed by atoms with van der Waals surface area (Å²) >= 11 is 0. The van der Waals surface area contributed by atoms with E-state index in [2.05, 4.69) is 30.8 Å². The summed E-state index contributed by atoms with van der Waals surface area (Å²) in [5.41, 5.74) is 2.92. The maximum Gasteiger partial charge on any atom is -0.0100 e. The highest BCUT2D eigenvalue weighted by molar-refractivity contribution is 5.29. The van der Waals surface area contributed by atoms with Crippen molar-refractivity contribution in [2.24, 2.45) is 0 Å². The van der Waals surface area contributed by atoms with Crippen molar-refractivity contribution < 1.29 is 0 Å². The Balaban J connectivity index is 2.20. The molecule has 1 fully saturated rings. The fraction of sp³-hybridized carbons (Fsp3) is 0.333. The molecule has 1 aliphatic rings. The summed E-state index contributed by atoms with van der Waals surface area (Å²) in [6.07, 6.45) is 5.74. The summed E-state index contributed by atoms with van der Waals surface area (Å²) in [4.78, 5) is 0. The summed E-state index contributed by atoms with van der Waals surface area (Å²) < 4.78 is 0. The largest absolute Gasteiger partial charge is 0.103 e. The fourth-order valence-electron chi connectivity index (χ4n) is 1.56. The van der Waals surface area contributed by atoms with Crippen LogP contribution < -0.4 is 0 Å². The van der Waals surface area contributed by atoms with E-state index < -0.39 is 0 Å². The first-order chi connectivity index (χ1) is 5.90. The first kappa shape index (κ1) is 7.60. The van der Waals surface area contributed by atoms with Crippen molar-refractivity contribution in [3.63, 3.8) is 0 Å². The van der Waals surface area contributed by atoms with Crippen LogP contribution in [0.1, 0.15) is 29.9 Å². The monoisotopic (exact) mass is 158 g/mol. The first-order valence-electron chi connectivity index (χ1n) is 4.60. The van der Waals surface area contributed by atoms with E-state index in [9.17, 15) is 0 Å². The van der Waals surface area contributed by atoms with E-state index in [1.54, 1.807) is 0 Å². The van der Waals surface area contributed by atoms with Gasteiger partial charge in [-0.1, -0.05) is 30.3 Å². The van der Waals surface area contributed by atoms with Gasteiger partial charge in [0.2, 0.25) is 0 Å². The van der Waals surface area contributed by atoms with Crippen LogP contribution in [0.3, 0.4) is 0 Å². The third-order valence-corrected chi connectivity index (χ3v) is 2.38. The van der Waals surface area contributed by atoms with E-state index in [-0.39, 0.29) is 0 Å². The smallest absolute Gasteiger partial charge is 0.0100 e. The summed E-state index contributed by atoms with van der Waals surface area (Å²) in [5, 5.41) is 0. The third-order valence-electron chi connectivity index (χ3n) is 2.38. The zero-order valence-corrected chi connectivity index (χ0v) is 7.29. The van der Waals surface area contributed by atoms with Crippen molar-refractivity contribution in [3.8, 4) is 0 Å². The van der Waals surface area contributed by atoms with Gasteiger partial charge in [-0.25, -0.2) is 0 Å². The minimum atomic E-state index is 0.870. The van der Waals surface area contributed by atoms with E-state index in [0.717, 1.165) is 12.3 Å². The molecule has 0 aliphatic heterocycles. The van der Waals surface area contributed by atoms with Crippen LogP contribution in [-0.2, 0) is 6.42 Å². The molecule has 12 heavy (non-hydrogen) atoms. The lowest BCUT2D eigenvalue weighted by Gasteiger charge is -2.00. The minimum absolute atomic E-state index is 0.870. The molecule has 1 aromatic carbocycles. The van der Waals surface area contributed by atoms with Gasteiger partial charge in [-0.2, -0.15) is 0 Å². The predicted octanol–water partition coefficient (Wildman–Crippen LogP) is 3.29. The summed E-state index contributed by atoms with van der Waals surface area (Å²) in [7, 11) is 0. The molecule has 0 radical (unpaired) electrons. The molecule has 0 spiro atoms. The molecule has 1 aromatic rings. The molecule has 0 nitrogen and oxygen atoms in total. The molecule has 0 heteroatoms. The molecule has 2 rings (SSSR count). The van der Waals surface area contributed by atoms with Gasteiger partial charge in [-0.05, 0) is 36.3 Å². The Bertz CT molecular complexity index is 282. The van der Waals surface area contributed by atoms with E-state index in [1.807, 2.05) is 6.08 Å².